The molecule has 0 N–H and O–H groups in total. The molecular weight excluding hydrogens is 749 g/mol. The van der Waals surface area contributed by atoms with Crippen molar-refractivity contribution < 1.29 is 0 Å². The number of hydrogen-bond donors (Lipinski definition) is 0. The van der Waals surface area contributed by atoms with Crippen molar-refractivity contribution >= 4 is 33.9 Å². The van der Waals surface area contributed by atoms with Gasteiger partial charge in [-0.1, -0.05) is 200 Å². The molecule has 62 heavy (non-hydrogen) atoms. The topological polar surface area (TPSA) is 6.48 Å². The summed E-state index contributed by atoms with van der Waals surface area (Å²) < 4.78 is 0. The molecule has 0 saturated heterocycles. The van der Waals surface area contributed by atoms with Crippen molar-refractivity contribution in [3.63, 3.8) is 0 Å². The van der Waals surface area contributed by atoms with Crippen molar-refractivity contribution in [2.75, 3.05) is 9.80 Å². The van der Waals surface area contributed by atoms with E-state index in [0.29, 0.717) is 0 Å². The van der Waals surface area contributed by atoms with Gasteiger partial charge in [0.05, 0.1) is 0 Å². The summed E-state index contributed by atoms with van der Waals surface area (Å²) in [7, 11) is 0. The molecule has 0 amide bonds. The summed E-state index contributed by atoms with van der Waals surface area (Å²) in [4.78, 5) is 4.71. The quantitative estimate of drug-likeness (QED) is 0.121. The predicted molar refractivity (Wildman–Crippen MR) is 263 cm³/mol. The Hall–Kier alpha value is -7.16. The van der Waals surface area contributed by atoms with Crippen molar-refractivity contribution in [2.24, 2.45) is 0 Å². The maximum atomic E-state index is 2.40. The van der Waals surface area contributed by atoms with Crippen LogP contribution in [0.5, 0.6) is 0 Å². The molecule has 2 nitrogen and oxygen atoms in total. The third-order valence-electron chi connectivity index (χ3n) is 12.6. The van der Waals surface area contributed by atoms with Crippen molar-refractivity contribution in [2.45, 2.75) is 51.4 Å². The van der Waals surface area contributed by atoms with Gasteiger partial charge in [0.1, 0.15) is 0 Å². The SMILES string of the molecule is Cc1ccc(N(C=C(c2ccccc2)c2ccccc2)c2ccc(C3(c4ccc(N(C=C(c5ccccc5)c5ccccc5)c5ccc(C)cc5)cc4)CCCCC3)cc2)cc1. The lowest BCUT2D eigenvalue weighted by Gasteiger charge is -2.39. The van der Waals surface area contributed by atoms with E-state index in [1.807, 2.05) is 0 Å². The van der Waals surface area contributed by atoms with Crippen LogP contribution in [0.3, 0.4) is 0 Å². The average molecular weight is 803 g/mol. The number of benzene rings is 8. The normalized spacial score (nSPS) is 13.1. The molecule has 304 valence electrons. The first-order valence-electron chi connectivity index (χ1n) is 22.1. The Morgan fingerprint density at radius 3 is 0.903 bits per heavy atom. The van der Waals surface area contributed by atoms with E-state index >= 15 is 0 Å². The molecule has 0 heterocycles. The van der Waals surface area contributed by atoms with Gasteiger partial charge in [-0.25, -0.2) is 0 Å². The molecule has 1 aliphatic carbocycles. The van der Waals surface area contributed by atoms with Crippen LogP contribution in [0.4, 0.5) is 22.7 Å². The maximum Gasteiger partial charge on any atom is 0.0455 e. The molecule has 0 unspecified atom stereocenters. The Kier molecular flexibility index (Phi) is 12.1. The molecular formula is C60H54N2. The van der Waals surface area contributed by atoms with Crippen LogP contribution >= 0.6 is 0 Å². The molecule has 0 bridgehead atoms. The summed E-state index contributed by atoms with van der Waals surface area (Å²) in [6.07, 6.45) is 10.6. The number of nitrogens with zero attached hydrogens (tertiary/aromatic N) is 2. The summed E-state index contributed by atoms with van der Waals surface area (Å²) in [5, 5.41) is 0. The van der Waals surface area contributed by atoms with Crippen LogP contribution in [-0.2, 0) is 5.41 Å². The van der Waals surface area contributed by atoms with E-state index in [-0.39, 0.29) is 5.41 Å². The molecule has 0 radical (unpaired) electrons. The zero-order valence-electron chi connectivity index (χ0n) is 35.9. The molecule has 1 saturated carbocycles. The third-order valence-corrected chi connectivity index (χ3v) is 12.6. The molecule has 9 rings (SSSR count). The van der Waals surface area contributed by atoms with Gasteiger partial charge in [-0.15, -0.1) is 0 Å². The molecule has 0 aromatic heterocycles. The lowest BCUT2D eigenvalue weighted by atomic mass is 9.65. The van der Waals surface area contributed by atoms with Gasteiger partial charge in [-0.05, 0) is 109 Å². The van der Waals surface area contributed by atoms with E-state index in [1.165, 1.54) is 74.9 Å². The lowest BCUT2D eigenvalue weighted by molar-refractivity contribution is 0.346. The number of anilines is 4. The molecule has 8 aromatic rings. The summed E-state index contributed by atoms with van der Waals surface area (Å²) in [6.45, 7) is 4.30. The first-order chi connectivity index (χ1) is 30.5. The maximum absolute atomic E-state index is 2.40. The van der Waals surface area contributed by atoms with E-state index in [9.17, 15) is 0 Å². The van der Waals surface area contributed by atoms with E-state index in [4.69, 9.17) is 0 Å². The monoisotopic (exact) mass is 802 g/mol. The van der Waals surface area contributed by atoms with Crippen LogP contribution in [-0.4, -0.2) is 0 Å². The highest BCUT2D eigenvalue weighted by molar-refractivity contribution is 5.85. The second kappa shape index (κ2) is 18.6. The number of hydrogen-bond acceptors (Lipinski definition) is 2. The van der Waals surface area contributed by atoms with Crippen LogP contribution in [0, 0.1) is 13.8 Å². The minimum absolute atomic E-state index is 0.0666. The highest BCUT2D eigenvalue weighted by atomic mass is 15.1. The largest absolute Gasteiger partial charge is 0.317 e. The fraction of sp³-hybridized carbons (Fsp3) is 0.133. The van der Waals surface area contributed by atoms with Crippen molar-refractivity contribution in [3.8, 4) is 0 Å². The molecule has 0 spiro atoms. The summed E-state index contributed by atoms with van der Waals surface area (Å²) >= 11 is 0. The minimum atomic E-state index is -0.0666. The first-order valence-corrected chi connectivity index (χ1v) is 22.1. The average Bonchev–Trinajstić information content (AvgIpc) is 3.34. The molecule has 0 atom stereocenters. The van der Waals surface area contributed by atoms with Gasteiger partial charge in [-0.3, -0.25) is 0 Å². The molecule has 2 heteroatoms. The standard InChI is InChI=1S/C60H54N2/c1-46-26-34-54(35-27-46)61(44-58(48-18-8-3-9-19-48)49-20-10-4-11-21-49)56-38-30-52(31-39-56)60(42-16-7-17-43-60)53-32-40-57(41-33-53)62(55-36-28-47(2)29-37-55)45-59(50-22-12-5-13-23-50)51-24-14-6-15-25-51/h3-6,8-15,18-41,44-45H,7,16-17,42-43H2,1-2H3. The number of aryl methyl sites for hydroxylation is 2. The van der Waals surface area contributed by atoms with E-state index < -0.39 is 0 Å². The number of rotatable bonds is 12. The van der Waals surface area contributed by atoms with Crippen molar-refractivity contribution in [3.05, 3.63) is 275 Å². The van der Waals surface area contributed by atoms with Gasteiger partial charge >= 0.3 is 0 Å². The van der Waals surface area contributed by atoms with Crippen LogP contribution in [0.2, 0.25) is 0 Å². The molecule has 0 aliphatic heterocycles. The van der Waals surface area contributed by atoms with Gasteiger partial charge < -0.3 is 9.80 Å². The zero-order chi connectivity index (χ0) is 42.1. The first kappa shape index (κ1) is 40.3. The minimum Gasteiger partial charge on any atom is -0.317 e. The lowest BCUT2D eigenvalue weighted by Crippen LogP contribution is -2.30. The van der Waals surface area contributed by atoms with Gasteiger partial charge in [0.25, 0.3) is 0 Å². The van der Waals surface area contributed by atoms with Crippen LogP contribution in [0.15, 0.2) is 231 Å². The Balaban J connectivity index is 1.10. The van der Waals surface area contributed by atoms with Gasteiger partial charge in [0.15, 0.2) is 0 Å². The summed E-state index contributed by atoms with van der Waals surface area (Å²) in [5.74, 6) is 0. The van der Waals surface area contributed by atoms with Gasteiger partial charge in [0, 0.05) is 51.7 Å². The van der Waals surface area contributed by atoms with E-state index in [0.717, 1.165) is 35.6 Å². The Labute approximate surface area is 368 Å². The Morgan fingerprint density at radius 2 is 0.613 bits per heavy atom. The third kappa shape index (κ3) is 8.83. The Morgan fingerprint density at radius 1 is 0.339 bits per heavy atom. The second-order valence-corrected chi connectivity index (χ2v) is 16.7. The molecule has 8 aromatic carbocycles. The molecule has 1 fully saturated rings. The smallest absolute Gasteiger partial charge is 0.0455 e. The molecule has 1 aliphatic rings. The van der Waals surface area contributed by atoms with E-state index in [1.54, 1.807) is 0 Å². The zero-order valence-corrected chi connectivity index (χ0v) is 35.9. The summed E-state index contributed by atoms with van der Waals surface area (Å²) in [6, 6.07) is 79.6. The highest BCUT2D eigenvalue weighted by Crippen LogP contribution is 2.46. The summed E-state index contributed by atoms with van der Waals surface area (Å²) in [5.41, 5.74) is 16.8. The fourth-order valence-electron chi connectivity index (χ4n) is 9.15. The van der Waals surface area contributed by atoms with Crippen LogP contribution in [0.1, 0.15) is 76.6 Å². The van der Waals surface area contributed by atoms with Crippen molar-refractivity contribution in [1.29, 1.82) is 0 Å². The van der Waals surface area contributed by atoms with Crippen LogP contribution in [0.25, 0.3) is 11.1 Å². The second-order valence-electron chi connectivity index (χ2n) is 16.7. The highest BCUT2D eigenvalue weighted by Gasteiger charge is 2.36. The van der Waals surface area contributed by atoms with Gasteiger partial charge in [-0.2, -0.15) is 0 Å². The fourth-order valence-corrected chi connectivity index (χ4v) is 9.15. The van der Waals surface area contributed by atoms with E-state index in [2.05, 4.69) is 254 Å². The van der Waals surface area contributed by atoms with Gasteiger partial charge in [0.2, 0.25) is 0 Å². The van der Waals surface area contributed by atoms with Crippen LogP contribution < -0.4 is 9.80 Å². The predicted octanol–water partition coefficient (Wildman–Crippen LogP) is 16.0. The van der Waals surface area contributed by atoms with Crippen molar-refractivity contribution in [1.82, 2.24) is 0 Å². The Bertz CT molecular complexity index is 2440.